The summed E-state index contributed by atoms with van der Waals surface area (Å²) in [5, 5.41) is 14.5. The summed E-state index contributed by atoms with van der Waals surface area (Å²) in [6.07, 6.45) is 3.82. The van der Waals surface area contributed by atoms with Gasteiger partial charge >= 0.3 is 0 Å². The van der Waals surface area contributed by atoms with E-state index in [1.807, 2.05) is 6.92 Å². The molecule has 0 aromatic heterocycles. The van der Waals surface area contributed by atoms with E-state index >= 15 is 0 Å². The molecule has 0 saturated heterocycles. The Kier molecular flexibility index (Phi) is 6.08. The Bertz CT molecular complexity index is 329. The monoisotopic (exact) mass is 271 g/mol. The van der Waals surface area contributed by atoms with Crippen molar-refractivity contribution < 1.29 is 14.7 Å². The van der Waals surface area contributed by atoms with Gasteiger partial charge in [0.05, 0.1) is 0 Å². The van der Waals surface area contributed by atoms with E-state index in [-0.39, 0.29) is 11.7 Å². The number of carbonyl (C=O) groups is 1. The molecule has 0 radical (unpaired) electrons. The average molecular weight is 271 g/mol. The first-order chi connectivity index (χ1) is 9.04. The van der Waals surface area contributed by atoms with Crippen LogP contribution in [0.15, 0.2) is 5.16 Å². The molecule has 4 N–H and O–H groups in total. The lowest BCUT2D eigenvalue weighted by molar-refractivity contribution is -0.127. The molecule has 110 valence electrons. The fourth-order valence-corrected chi connectivity index (χ4v) is 1.67. The lowest BCUT2D eigenvalue weighted by Crippen LogP contribution is -2.47. The number of oxime groups is 1. The summed E-state index contributed by atoms with van der Waals surface area (Å²) in [6, 6.07) is 0. The molecule has 0 aromatic carbocycles. The molecule has 1 aliphatic rings. The van der Waals surface area contributed by atoms with Crippen LogP contribution in [-0.4, -0.2) is 36.7 Å². The van der Waals surface area contributed by atoms with Crippen LogP contribution in [-0.2, 0) is 9.53 Å². The predicted octanol–water partition coefficient (Wildman–Crippen LogP) is 1.08. The molecule has 0 heterocycles. The number of ether oxygens (including phenoxy) is 1. The van der Waals surface area contributed by atoms with Crippen LogP contribution in [0, 0.1) is 11.3 Å². The van der Waals surface area contributed by atoms with Gasteiger partial charge in [0.15, 0.2) is 5.84 Å². The van der Waals surface area contributed by atoms with Crippen molar-refractivity contribution in [2.45, 2.75) is 39.5 Å². The second-order valence-electron chi connectivity index (χ2n) is 5.30. The summed E-state index contributed by atoms with van der Waals surface area (Å²) in [5.74, 6) is 0.489. The molecule has 6 nitrogen and oxygen atoms in total. The molecular weight excluding hydrogens is 246 g/mol. The van der Waals surface area contributed by atoms with Crippen LogP contribution < -0.4 is 11.1 Å². The van der Waals surface area contributed by atoms with Gasteiger partial charge in [0.1, 0.15) is 5.41 Å². The van der Waals surface area contributed by atoms with Crippen molar-refractivity contribution in [3.8, 4) is 0 Å². The Morgan fingerprint density at radius 1 is 1.58 bits per heavy atom. The zero-order chi connectivity index (χ0) is 14.3. The van der Waals surface area contributed by atoms with Gasteiger partial charge in [0.2, 0.25) is 5.91 Å². The minimum absolute atomic E-state index is 0.0579. The fraction of sp³-hybridized carbons (Fsp3) is 0.846. The average Bonchev–Trinajstić information content (AvgIpc) is 3.24. The predicted molar refractivity (Wildman–Crippen MR) is 73.0 cm³/mol. The first-order valence-corrected chi connectivity index (χ1v) is 6.88. The first-order valence-electron chi connectivity index (χ1n) is 6.88. The lowest BCUT2D eigenvalue weighted by Gasteiger charge is -2.25. The number of nitrogens with zero attached hydrogens (tertiary/aromatic N) is 1. The third kappa shape index (κ3) is 4.70. The highest BCUT2D eigenvalue weighted by Crippen LogP contribution is 2.28. The van der Waals surface area contributed by atoms with Gasteiger partial charge in [-0.25, -0.2) is 0 Å². The maximum atomic E-state index is 12.0. The number of amidine groups is 1. The highest BCUT2D eigenvalue weighted by atomic mass is 16.5. The van der Waals surface area contributed by atoms with Gasteiger partial charge in [0, 0.05) is 19.8 Å². The summed E-state index contributed by atoms with van der Waals surface area (Å²) in [5.41, 5.74) is 4.61. The molecule has 1 atom stereocenters. The minimum Gasteiger partial charge on any atom is -0.409 e. The van der Waals surface area contributed by atoms with Crippen molar-refractivity contribution in [1.29, 1.82) is 0 Å². The molecular formula is C13H25N3O3. The summed E-state index contributed by atoms with van der Waals surface area (Å²) in [6.45, 7) is 5.53. The highest BCUT2D eigenvalue weighted by molar-refractivity contribution is 6.06. The Balaban J connectivity index is 2.20. The van der Waals surface area contributed by atoms with Crippen LogP contribution in [0.3, 0.4) is 0 Å². The van der Waals surface area contributed by atoms with E-state index in [1.165, 1.54) is 12.8 Å². The SMILES string of the molecule is CCC(C)(C(=O)NCCCOCC1CC1)C(N)=NO. The number of rotatable bonds is 9. The van der Waals surface area contributed by atoms with Crippen LogP contribution >= 0.6 is 0 Å². The minimum atomic E-state index is -0.955. The number of nitrogens with one attached hydrogen (secondary N) is 1. The molecule has 0 aromatic rings. The van der Waals surface area contributed by atoms with Crippen LogP contribution in [0.1, 0.15) is 39.5 Å². The van der Waals surface area contributed by atoms with E-state index in [9.17, 15) is 4.79 Å². The Morgan fingerprint density at radius 2 is 2.26 bits per heavy atom. The fourth-order valence-electron chi connectivity index (χ4n) is 1.67. The van der Waals surface area contributed by atoms with E-state index in [0.717, 1.165) is 18.9 Å². The largest absolute Gasteiger partial charge is 0.409 e. The van der Waals surface area contributed by atoms with Crippen molar-refractivity contribution in [1.82, 2.24) is 5.32 Å². The Morgan fingerprint density at radius 3 is 2.79 bits per heavy atom. The highest BCUT2D eigenvalue weighted by Gasteiger charge is 2.36. The topological polar surface area (TPSA) is 96.9 Å². The second-order valence-corrected chi connectivity index (χ2v) is 5.30. The third-order valence-corrected chi connectivity index (χ3v) is 3.68. The number of hydrogen-bond donors (Lipinski definition) is 3. The summed E-state index contributed by atoms with van der Waals surface area (Å²) >= 11 is 0. The first kappa shape index (κ1) is 15.8. The molecule has 19 heavy (non-hydrogen) atoms. The number of amides is 1. The van der Waals surface area contributed by atoms with E-state index in [4.69, 9.17) is 15.7 Å². The number of nitrogens with two attached hydrogens (primary N) is 1. The van der Waals surface area contributed by atoms with E-state index in [2.05, 4.69) is 10.5 Å². The summed E-state index contributed by atoms with van der Waals surface area (Å²) < 4.78 is 5.48. The third-order valence-electron chi connectivity index (χ3n) is 3.68. The molecule has 0 spiro atoms. The molecule has 6 heteroatoms. The molecule has 1 rings (SSSR count). The van der Waals surface area contributed by atoms with E-state index < -0.39 is 5.41 Å². The summed E-state index contributed by atoms with van der Waals surface area (Å²) in [7, 11) is 0. The molecule has 0 aliphatic heterocycles. The zero-order valence-electron chi connectivity index (χ0n) is 11.8. The quantitative estimate of drug-likeness (QED) is 0.192. The number of hydrogen-bond acceptors (Lipinski definition) is 4. The van der Waals surface area contributed by atoms with E-state index in [0.29, 0.717) is 19.6 Å². The van der Waals surface area contributed by atoms with Gasteiger partial charge in [-0.15, -0.1) is 0 Å². The van der Waals surface area contributed by atoms with Crippen molar-refractivity contribution >= 4 is 11.7 Å². The van der Waals surface area contributed by atoms with Crippen LogP contribution in [0.2, 0.25) is 0 Å². The lowest BCUT2D eigenvalue weighted by atomic mass is 9.85. The van der Waals surface area contributed by atoms with Crippen LogP contribution in [0.4, 0.5) is 0 Å². The molecule has 1 unspecified atom stereocenters. The normalized spacial score (nSPS) is 18.9. The number of carbonyl (C=O) groups excluding carboxylic acids is 1. The molecule has 0 bridgehead atoms. The molecule has 1 saturated carbocycles. The van der Waals surface area contributed by atoms with Crippen molar-refractivity contribution in [3.05, 3.63) is 0 Å². The van der Waals surface area contributed by atoms with Gasteiger partial charge in [-0.3, -0.25) is 4.79 Å². The maximum Gasteiger partial charge on any atom is 0.233 e. The van der Waals surface area contributed by atoms with Gasteiger partial charge in [-0.2, -0.15) is 0 Å². The van der Waals surface area contributed by atoms with Crippen LogP contribution in [0.5, 0.6) is 0 Å². The smallest absolute Gasteiger partial charge is 0.233 e. The molecule has 1 fully saturated rings. The second kappa shape index (κ2) is 7.33. The van der Waals surface area contributed by atoms with Crippen LogP contribution in [0.25, 0.3) is 0 Å². The standard InChI is InChI=1S/C13H25N3O3/c1-3-13(2,11(14)16-18)12(17)15-7-4-8-19-9-10-5-6-10/h10,18H,3-9H2,1-2H3,(H2,14,16)(H,15,17). The molecule has 1 amide bonds. The van der Waals surface area contributed by atoms with Gasteiger partial charge in [-0.1, -0.05) is 12.1 Å². The maximum absolute atomic E-state index is 12.0. The Hall–Kier alpha value is -1.30. The zero-order valence-corrected chi connectivity index (χ0v) is 11.8. The van der Waals surface area contributed by atoms with Gasteiger partial charge in [-0.05, 0) is 38.5 Å². The Labute approximate surface area is 114 Å². The van der Waals surface area contributed by atoms with Crippen molar-refractivity contribution in [2.75, 3.05) is 19.8 Å². The van der Waals surface area contributed by atoms with Crippen molar-refractivity contribution in [2.24, 2.45) is 22.2 Å². The van der Waals surface area contributed by atoms with Crippen molar-refractivity contribution in [3.63, 3.8) is 0 Å². The van der Waals surface area contributed by atoms with Gasteiger partial charge < -0.3 is 21.0 Å². The molecule has 1 aliphatic carbocycles. The summed E-state index contributed by atoms with van der Waals surface area (Å²) in [4.78, 5) is 12.0. The van der Waals surface area contributed by atoms with E-state index in [1.54, 1.807) is 6.92 Å². The van der Waals surface area contributed by atoms with Gasteiger partial charge in [0.25, 0.3) is 0 Å².